The van der Waals surface area contributed by atoms with Gasteiger partial charge < -0.3 is 15.4 Å². The summed E-state index contributed by atoms with van der Waals surface area (Å²) in [7, 11) is 1.82. The van der Waals surface area contributed by atoms with Crippen molar-refractivity contribution in [2.45, 2.75) is 46.5 Å². The molecule has 0 saturated carbocycles. The quantitative estimate of drug-likeness (QED) is 0.263. The smallest absolute Gasteiger partial charge is 0.190 e. The van der Waals surface area contributed by atoms with E-state index in [2.05, 4.69) is 29.5 Å². The second-order valence-corrected chi connectivity index (χ2v) is 4.47. The predicted octanol–water partition coefficient (Wildman–Crippen LogP) is 3.02. The number of guanidine groups is 1. The van der Waals surface area contributed by atoms with Crippen molar-refractivity contribution in [3.8, 4) is 0 Å². The molecule has 0 atom stereocenters. The fourth-order valence-corrected chi connectivity index (χ4v) is 1.72. The average Bonchev–Trinajstić information content (AvgIpc) is 2.41. The zero-order chi connectivity index (χ0) is 13.6. The van der Waals surface area contributed by atoms with Crippen molar-refractivity contribution in [3.05, 3.63) is 0 Å². The van der Waals surface area contributed by atoms with Crippen LogP contribution >= 0.6 is 24.0 Å². The fourth-order valence-electron chi connectivity index (χ4n) is 1.72. The lowest BCUT2D eigenvalue weighted by Gasteiger charge is -2.16. The van der Waals surface area contributed by atoms with Crippen LogP contribution in [0.2, 0.25) is 0 Å². The highest BCUT2D eigenvalue weighted by atomic mass is 127. The van der Waals surface area contributed by atoms with Gasteiger partial charge in [0, 0.05) is 33.4 Å². The molecule has 0 aliphatic rings. The Morgan fingerprint density at radius 2 is 1.79 bits per heavy atom. The molecule has 0 bridgehead atoms. The number of hydrogen-bond acceptors (Lipinski definition) is 2. The van der Waals surface area contributed by atoms with Gasteiger partial charge in [0.25, 0.3) is 0 Å². The van der Waals surface area contributed by atoms with E-state index in [9.17, 15) is 0 Å². The minimum absolute atomic E-state index is 0. The minimum atomic E-state index is 0. The molecule has 0 heterocycles. The van der Waals surface area contributed by atoms with E-state index in [1.165, 1.54) is 12.8 Å². The Morgan fingerprint density at radius 1 is 1.11 bits per heavy atom. The van der Waals surface area contributed by atoms with Crippen molar-refractivity contribution >= 4 is 29.9 Å². The summed E-state index contributed by atoms with van der Waals surface area (Å²) >= 11 is 0. The molecule has 0 saturated heterocycles. The van der Waals surface area contributed by atoms with E-state index >= 15 is 0 Å². The molecule has 0 spiro atoms. The highest BCUT2D eigenvalue weighted by Gasteiger charge is 2.04. The van der Waals surface area contributed by atoms with Gasteiger partial charge in [-0.15, -0.1) is 24.0 Å². The largest absolute Gasteiger partial charge is 0.382 e. The zero-order valence-electron chi connectivity index (χ0n) is 13.0. The van der Waals surface area contributed by atoms with Crippen LogP contribution in [-0.4, -0.2) is 39.3 Å². The molecule has 0 aromatic rings. The Hall–Kier alpha value is -0.0400. The number of rotatable bonds is 10. The second-order valence-electron chi connectivity index (χ2n) is 4.47. The molecule has 19 heavy (non-hydrogen) atoms. The van der Waals surface area contributed by atoms with Crippen molar-refractivity contribution in [2.75, 3.05) is 33.4 Å². The Kier molecular flexibility index (Phi) is 17.9. The summed E-state index contributed by atoms with van der Waals surface area (Å²) < 4.78 is 5.30. The molecule has 0 unspecified atom stereocenters. The lowest BCUT2D eigenvalue weighted by Crippen LogP contribution is -2.40. The maximum Gasteiger partial charge on any atom is 0.190 e. The van der Waals surface area contributed by atoms with E-state index in [4.69, 9.17) is 4.74 Å². The topological polar surface area (TPSA) is 45.6 Å². The Balaban J connectivity index is 0. The molecular formula is C14H32IN3O. The summed E-state index contributed by atoms with van der Waals surface area (Å²) in [4.78, 5) is 4.23. The molecule has 0 aliphatic heterocycles. The lowest BCUT2D eigenvalue weighted by molar-refractivity contribution is 0.143. The molecule has 5 heteroatoms. The number of aliphatic imine (C=N–C) groups is 1. The molecule has 0 aliphatic carbocycles. The maximum absolute atomic E-state index is 5.30. The van der Waals surface area contributed by atoms with Crippen LogP contribution in [0.5, 0.6) is 0 Å². The van der Waals surface area contributed by atoms with Gasteiger partial charge in [-0.2, -0.15) is 0 Å². The Labute approximate surface area is 136 Å². The van der Waals surface area contributed by atoms with Gasteiger partial charge in [0.2, 0.25) is 0 Å². The number of ether oxygens (including phenoxy) is 1. The average molecular weight is 385 g/mol. The maximum atomic E-state index is 5.30. The third-order valence-corrected chi connectivity index (χ3v) is 3.15. The first-order chi connectivity index (χ1) is 8.78. The van der Waals surface area contributed by atoms with Crippen LogP contribution in [0.4, 0.5) is 0 Å². The molecule has 116 valence electrons. The van der Waals surface area contributed by atoms with E-state index < -0.39 is 0 Å². The van der Waals surface area contributed by atoms with Crippen molar-refractivity contribution in [2.24, 2.45) is 10.9 Å². The standard InChI is InChI=1S/C14H31N3O.HI/c1-5-13(6-2)12-17-14(15-4)16-10-8-9-11-18-7-3;/h13H,5-12H2,1-4H3,(H2,15,16,17);1H. The summed E-state index contributed by atoms with van der Waals surface area (Å²) in [5.74, 6) is 1.65. The first kappa shape index (κ1) is 21.3. The van der Waals surface area contributed by atoms with E-state index in [1.807, 2.05) is 14.0 Å². The summed E-state index contributed by atoms with van der Waals surface area (Å²) in [6.45, 7) is 10.1. The zero-order valence-corrected chi connectivity index (χ0v) is 15.3. The molecule has 4 nitrogen and oxygen atoms in total. The molecule has 2 N–H and O–H groups in total. The van der Waals surface area contributed by atoms with Gasteiger partial charge >= 0.3 is 0 Å². The van der Waals surface area contributed by atoms with Gasteiger partial charge in [0.1, 0.15) is 0 Å². The monoisotopic (exact) mass is 385 g/mol. The SMILES string of the molecule is CCOCCCCNC(=NC)NCC(CC)CC.I. The summed E-state index contributed by atoms with van der Waals surface area (Å²) in [5, 5.41) is 6.71. The first-order valence-corrected chi connectivity index (χ1v) is 7.30. The number of nitrogens with zero attached hydrogens (tertiary/aromatic N) is 1. The van der Waals surface area contributed by atoms with E-state index in [0.29, 0.717) is 0 Å². The van der Waals surface area contributed by atoms with Gasteiger partial charge in [-0.25, -0.2) is 0 Å². The molecule has 0 radical (unpaired) electrons. The van der Waals surface area contributed by atoms with Gasteiger partial charge in [-0.3, -0.25) is 4.99 Å². The highest BCUT2D eigenvalue weighted by molar-refractivity contribution is 14.0. The van der Waals surface area contributed by atoms with Crippen molar-refractivity contribution < 1.29 is 4.74 Å². The highest BCUT2D eigenvalue weighted by Crippen LogP contribution is 2.04. The number of halogens is 1. The second kappa shape index (κ2) is 16.0. The fraction of sp³-hybridized carbons (Fsp3) is 0.929. The van der Waals surface area contributed by atoms with E-state index in [1.54, 1.807) is 0 Å². The number of unbranched alkanes of at least 4 members (excludes halogenated alkanes) is 1. The van der Waals surface area contributed by atoms with Crippen molar-refractivity contribution in [1.29, 1.82) is 0 Å². The van der Waals surface area contributed by atoms with Crippen molar-refractivity contribution in [1.82, 2.24) is 10.6 Å². The molecule has 0 rings (SSSR count). The molecular weight excluding hydrogens is 353 g/mol. The van der Waals surface area contributed by atoms with Crippen LogP contribution in [0.25, 0.3) is 0 Å². The van der Waals surface area contributed by atoms with Crippen LogP contribution in [0.15, 0.2) is 4.99 Å². The first-order valence-electron chi connectivity index (χ1n) is 7.30. The third kappa shape index (κ3) is 12.7. The van der Waals surface area contributed by atoms with Crippen LogP contribution in [0, 0.1) is 5.92 Å². The van der Waals surface area contributed by atoms with E-state index in [-0.39, 0.29) is 24.0 Å². The van der Waals surface area contributed by atoms with Gasteiger partial charge in [-0.05, 0) is 25.7 Å². The van der Waals surface area contributed by atoms with Gasteiger partial charge in [0.05, 0.1) is 0 Å². The van der Waals surface area contributed by atoms with Crippen molar-refractivity contribution in [3.63, 3.8) is 0 Å². The minimum Gasteiger partial charge on any atom is -0.382 e. The predicted molar refractivity (Wildman–Crippen MR) is 94.6 cm³/mol. The van der Waals surface area contributed by atoms with E-state index in [0.717, 1.165) is 51.0 Å². The molecule has 0 aromatic carbocycles. The molecule has 0 fully saturated rings. The van der Waals surface area contributed by atoms with Gasteiger partial charge in [-0.1, -0.05) is 26.7 Å². The van der Waals surface area contributed by atoms with Crippen LogP contribution in [0.3, 0.4) is 0 Å². The Bertz CT molecular complexity index is 209. The lowest BCUT2D eigenvalue weighted by atomic mass is 10.0. The summed E-state index contributed by atoms with van der Waals surface area (Å²) in [5.41, 5.74) is 0. The van der Waals surface area contributed by atoms with Crippen LogP contribution < -0.4 is 10.6 Å². The van der Waals surface area contributed by atoms with Crippen LogP contribution in [0.1, 0.15) is 46.5 Å². The summed E-state index contributed by atoms with van der Waals surface area (Å²) in [6.07, 6.45) is 4.65. The number of hydrogen-bond donors (Lipinski definition) is 2. The Morgan fingerprint density at radius 3 is 2.32 bits per heavy atom. The third-order valence-electron chi connectivity index (χ3n) is 3.15. The summed E-state index contributed by atoms with van der Waals surface area (Å²) in [6, 6.07) is 0. The normalized spacial score (nSPS) is 11.3. The van der Waals surface area contributed by atoms with Crippen LogP contribution in [-0.2, 0) is 4.74 Å². The number of nitrogens with one attached hydrogen (secondary N) is 2. The molecule has 0 aromatic heterocycles. The molecule has 0 amide bonds. The van der Waals surface area contributed by atoms with Gasteiger partial charge in [0.15, 0.2) is 5.96 Å².